The van der Waals surface area contributed by atoms with Crippen LogP contribution in [0.5, 0.6) is 0 Å². The highest BCUT2D eigenvalue weighted by atomic mass is 79.9. The van der Waals surface area contributed by atoms with Gasteiger partial charge in [-0.15, -0.1) is 0 Å². The van der Waals surface area contributed by atoms with Gasteiger partial charge in [0.1, 0.15) is 0 Å². The molecule has 6 heteroatoms. The molecular weight excluding hydrogens is 344 g/mol. The van der Waals surface area contributed by atoms with E-state index in [1.807, 2.05) is 25.1 Å². The SMILES string of the molecule is Cc1ccc(NCc2ccc(Cl)cc2[N+](=O)[O-])cc1Br. The van der Waals surface area contributed by atoms with Gasteiger partial charge in [-0.3, -0.25) is 10.1 Å². The van der Waals surface area contributed by atoms with Gasteiger partial charge in [0.05, 0.1) is 4.92 Å². The van der Waals surface area contributed by atoms with Crippen LogP contribution in [0.25, 0.3) is 0 Å². The van der Waals surface area contributed by atoms with Crippen molar-refractivity contribution in [2.75, 3.05) is 5.32 Å². The van der Waals surface area contributed by atoms with E-state index < -0.39 is 4.92 Å². The molecule has 20 heavy (non-hydrogen) atoms. The Labute approximate surface area is 130 Å². The topological polar surface area (TPSA) is 55.2 Å². The molecule has 0 spiro atoms. The third kappa shape index (κ3) is 3.49. The molecule has 0 saturated heterocycles. The van der Waals surface area contributed by atoms with Crippen molar-refractivity contribution >= 4 is 38.9 Å². The molecule has 2 aromatic carbocycles. The van der Waals surface area contributed by atoms with Crippen LogP contribution in [0.3, 0.4) is 0 Å². The Morgan fingerprint density at radius 2 is 2.05 bits per heavy atom. The maximum atomic E-state index is 11.0. The molecule has 0 unspecified atom stereocenters. The van der Waals surface area contributed by atoms with E-state index in [9.17, 15) is 10.1 Å². The predicted molar refractivity (Wildman–Crippen MR) is 84.3 cm³/mol. The van der Waals surface area contributed by atoms with E-state index in [-0.39, 0.29) is 5.69 Å². The Balaban J connectivity index is 2.18. The minimum absolute atomic E-state index is 0.0242. The molecule has 0 aliphatic carbocycles. The summed E-state index contributed by atoms with van der Waals surface area (Å²) in [5.41, 5.74) is 2.65. The van der Waals surface area contributed by atoms with Gasteiger partial charge in [-0.2, -0.15) is 0 Å². The van der Waals surface area contributed by atoms with Gasteiger partial charge in [-0.05, 0) is 36.8 Å². The first-order valence-corrected chi connectivity index (χ1v) is 7.07. The summed E-state index contributed by atoms with van der Waals surface area (Å²) in [5.74, 6) is 0. The van der Waals surface area contributed by atoms with Crippen LogP contribution < -0.4 is 5.32 Å². The standard InChI is InChI=1S/C14H12BrClN2O2/c1-9-2-5-12(7-13(9)15)17-8-10-3-4-11(16)6-14(10)18(19)20/h2-7,17H,8H2,1H3. The molecule has 0 amide bonds. The van der Waals surface area contributed by atoms with E-state index in [0.717, 1.165) is 15.7 Å². The van der Waals surface area contributed by atoms with Crippen LogP contribution in [0.15, 0.2) is 40.9 Å². The van der Waals surface area contributed by atoms with Crippen LogP contribution in [0, 0.1) is 17.0 Å². The predicted octanol–water partition coefficient (Wildman–Crippen LogP) is 4.93. The van der Waals surface area contributed by atoms with Crippen molar-refractivity contribution in [3.05, 3.63) is 67.1 Å². The second-order valence-corrected chi connectivity index (χ2v) is 5.64. The summed E-state index contributed by atoms with van der Waals surface area (Å²) in [6, 6.07) is 10.5. The smallest absolute Gasteiger partial charge is 0.275 e. The Morgan fingerprint density at radius 1 is 1.30 bits per heavy atom. The van der Waals surface area contributed by atoms with Gasteiger partial charge < -0.3 is 5.32 Å². The fraction of sp³-hybridized carbons (Fsp3) is 0.143. The molecule has 0 aliphatic rings. The lowest BCUT2D eigenvalue weighted by Gasteiger charge is -2.09. The molecule has 0 radical (unpaired) electrons. The van der Waals surface area contributed by atoms with E-state index in [1.165, 1.54) is 6.07 Å². The van der Waals surface area contributed by atoms with Crippen LogP contribution in [0.2, 0.25) is 5.02 Å². The van der Waals surface area contributed by atoms with Gasteiger partial charge in [-0.25, -0.2) is 0 Å². The summed E-state index contributed by atoms with van der Waals surface area (Å²) >= 11 is 9.24. The minimum Gasteiger partial charge on any atom is -0.381 e. The van der Waals surface area contributed by atoms with Crippen LogP contribution in [0.4, 0.5) is 11.4 Å². The number of halogens is 2. The quantitative estimate of drug-likeness (QED) is 0.625. The van der Waals surface area contributed by atoms with E-state index in [1.54, 1.807) is 12.1 Å². The number of hydrogen-bond donors (Lipinski definition) is 1. The Bertz CT molecular complexity index is 662. The van der Waals surface area contributed by atoms with Crippen molar-refractivity contribution in [1.29, 1.82) is 0 Å². The average Bonchev–Trinajstić information content (AvgIpc) is 2.41. The number of nitrogens with zero attached hydrogens (tertiary/aromatic N) is 1. The summed E-state index contributed by atoms with van der Waals surface area (Å²) in [6.07, 6.45) is 0. The van der Waals surface area contributed by atoms with Gasteiger partial charge in [0.2, 0.25) is 0 Å². The number of benzene rings is 2. The van der Waals surface area contributed by atoms with E-state index in [0.29, 0.717) is 17.1 Å². The van der Waals surface area contributed by atoms with Crippen molar-refractivity contribution in [3.8, 4) is 0 Å². The highest BCUT2D eigenvalue weighted by Gasteiger charge is 2.13. The highest BCUT2D eigenvalue weighted by molar-refractivity contribution is 9.10. The van der Waals surface area contributed by atoms with Gasteiger partial charge in [0.15, 0.2) is 0 Å². The fourth-order valence-corrected chi connectivity index (χ4v) is 2.30. The zero-order chi connectivity index (χ0) is 14.7. The lowest BCUT2D eigenvalue weighted by molar-refractivity contribution is -0.385. The summed E-state index contributed by atoms with van der Waals surface area (Å²) in [7, 11) is 0. The molecule has 0 bridgehead atoms. The fourth-order valence-electron chi connectivity index (χ4n) is 1.76. The first-order chi connectivity index (χ1) is 9.47. The zero-order valence-electron chi connectivity index (χ0n) is 10.7. The van der Waals surface area contributed by atoms with E-state index in [2.05, 4.69) is 21.2 Å². The number of anilines is 1. The minimum atomic E-state index is -0.423. The maximum Gasteiger partial charge on any atom is 0.275 e. The van der Waals surface area contributed by atoms with Crippen LogP contribution in [0.1, 0.15) is 11.1 Å². The molecule has 4 nitrogen and oxygen atoms in total. The maximum absolute atomic E-state index is 11.0. The number of nitro groups is 1. The number of hydrogen-bond acceptors (Lipinski definition) is 3. The van der Waals surface area contributed by atoms with Gasteiger partial charge in [-0.1, -0.05) is 33.6 Å². The second-order valence-electron chi connectivity index (χ2n) is 4.35. The highest BCUT2D eigenvalue weighted by Crippen LogP contribution is 2.25. The summed E-state index contributed by atoms with van der Waals surface area (Å²) < 4.78 is 0.994. The third-order valence-electron chi connectivity index (χ3n) is 2.90. The molecule has 0 aliphatic heterocycles. The summed E-state index contributed by atoms with van der Waals surface area (Å²) in [4.78, 5) is 10.6. The summed E-state index contributed by atoms with van der Waals surface area (Å²) in [6.45, 7) is 2.36. The molecular formula is C14H12BrClN2O2. The van der Waals surface area contributed by atoms with E-state index >= 15 is 0 Å². The van der Waals surface area contributed by atoms with Gasteiger partial charge in [0, 0.05) is 33.4 Å². The van der Waals surface area contributed by atoms with Crippen molar-refractivity contribution < 1.29 is 4.92 Å². The molecule has 2 rings (SSSR count). The average molecular weight is 356 g/mol. The third-order valence-corrected chi connectivity index (χ3v) is 3.99. The van der Waals surface area contributed by atoms with Crippen molar-refractivity contribution in [3.63, 3.8) is 0 Å². The normalized spacial score (nSPS) is 10.3. The zero-order valence-corrected chi connectivity index (χ0v) is 13.0. The Morgan fingerprint density at radius 3 is 2.70 bits per heavy atom. The van der Waals surface area contributed by atoms with Crippen molar-refractivity contribution in [2.24, 2.45) is 0 Å². The number of rotatable bonds is 4. The number of aryl methyl sites for hydroxylation is 1. The van der Waals surface area contributed by atoms with Crippen molar-refractivity contribution in [2.45, 2.75) is 13.5 Å². The summed E-state index contributed by atoms with van der Waals surface area (Å²) in [5, 5.41) is 14.5. The molecule has 0 aromatic heterocycles. The van der Waals surface area contributed by atoms with Crippen LogP contribution in [-0.4, -0.2) is 4.92 Å². The van der Waals surface area contributed by atoms with E-state index in [4.69, 9.17) is 11.6 Å². The Kier molecular flexibility index (Phi) is 4.62. The molecule has 0 fully saturated rings. The monoisotopic (exact) mass is 354 g/mol. The molecule has 0 atom stereocenters. The molecule has 2 aromatic rings. The van der Waals surface area contributed by atoms with Gasteiger partial charge >= 0.3 is 0 Å². The molecule has 1 N–H and O–H groups in total. The first kappa shape index (κ1) is 14.8. The Hall–Kier alpha value is -1.59. The largest absolute Gasteiger partial charge is 0.381 e. The second kappa shape index (κ2) is 6.24. The van der Waals surface area contributed by atoms with Crippen LogP contribution >= 0.6 is 27.5 Å². The van der Waals surface area contributed by atoms with Gasteiger partial charge in [0.25, 0.3) is 5.69 Å². The van der Waals surface area contributed by atoms with Crippen LogP contribution in [-0.2, 0) is 6.54 Å². The molecule has 0 saturated carbocycles. The lowest BCUT2D eigenvalue weighted by Crippen LogP contribution is -2.03. The number of nitro benzene ring substituents is 1. The lowest BCUT2D eigenvalue weighted by atomic mass is 10.1. The van der Waals surface area contributed by atoms with Crippen molar-refractivity contribution in [1.82, 2.24) is 0 Å². The first-order valence-electron chi connectivity index (χ1n) is 5.90. The molecule has 0 heterocycles. The molecule has 104 valence electrons. The number of nitrogens with one attached hydrogen (secondary N) is 1.